The Kier molecular flexibility index (Phi) is 2.48. The number of nitrogens with zero attached hydrogens (tertiary/aromatic N) is 4. The number of imidazole rings is 1. The molecule has 2 atom stereocenters. The third-order valence-corrected chi connectivity index (χ3v) is 4.63. The number of pyridine rings is 1. The predicted molar refractivity (Wildman–Crippen MR) is 74.8 cm³/mol. The van der Waals surface area contributed by atoms with E-state index in [4.69, 9.17) is 5.73 Å². The first-order chi connectivity index (χ1) is 9.33. The van der Waals surface area contributed by atoms with Crippen LogP contribution in [0.2, 0.25) is 0 Å². The Labute approximate surface area is 112 Å². The Balaban J connectivity index is 1.72. The van der Waals surface area contributed by atoms with Crippen molar-refractivity contribution >= 4 is 17.1 Å². The van der Waals surface area contributed by atoms with Gasteiger partial charge in [-0.25, -0.2) is 9.97 Å². The van der Waals surface area contributed by atoms with Gasteiger partial charge in [0.05, 0.1) is 0 Å². The lowest BCUT2D eigenvalue weighted by Crippen LogP contribution is -2.38. The lowest BCUT2D eigenvalue weighted by atomic mass is 9.97. The van der Waals surface area contributed by atoms with Crippen LogP contribution in [0.5, 0.6) is 0 Å². The van der Waals surface area contributed by atoms with E-state index >= 15 is 0 Å². The zero-order valence-electron chi connectivity index (χ0n) is 11.0. The van der Waals surface area contributed by atoms with E-state index in [0.29, 0.717) is 12.0 Å². The van der Waals surface area contributed by atoms with Crippen LogP contribution in [-0.2, 0) is 0 Å². The number of anilines is 1. The Morgan fingerprint density at radius 3 is 3.11 bits per heavy atom. The van der Waals surface area contributed by atoms with E-state index in [0.717, 1.165) is 23.6 Å². The van der Waals surface area contributed by atoms with Gasteiger partial charge in [-0.3, -0.25) is 4.57 Å². The molecule has 0 aliphatic carbocycles. The number of fused-ring (bicyclic) bond motifs is 2. The molecule has 2 unspecified atom stereocenters. The zero-order valence-corrected chi connectivity index (χ0v) is 11.0. The lowest BCUT2D eigenvalue weighted by molar-refractivity contribution is 0.158. The normalized spacial score (nSPS) is 27.8. The van der Waals surface area contributed by atoms with Crippen molar-refractivity contribution in [2.45, 2.75) is 37.8 Å². The van der Waals surface area contributed by atoms with Crippen molar-refractivity contribution in [1.82, 2.24) is 19.4 Å². The molecule has 2 aliphatic rings. The zero-order chi connectivity index (χ0) is 12.8. The second kappa shape index (κ2) is 4.20. The van der Waals surface area contributed by atoms with Gasteiger partial charge in [0, 0.05) is 24.8 Å². The van der Waals surface area contributed by atoms with Gasteiger partial charge in [0.15, 0.2) is 5.65 Å². The molecule has 0 radical (unpaired) electrons. The van der Waals surface area contributed by atoms with Crippen molar-refractivity contribution in [3.8, 4) is 0 Å². The maximum absolute atomic E-state index is 6.12. The molecule has 5 heteroatoms. The second-order valence-corrected chi connectivity index (χ2v) is 5.70. The number of nitrogen functional groups attached to an aromatic ring is 1. The van der Waals surface area contributed by atoms with Gasteiger partial charge in [-0.15, -0.1) is 0 Å². The molecule has 2 saturated heterocycles. The molecule has 2 aromatic rings. The topological polar surface area (TPSA) is 60.0 Å². The molecule has 4 rings (SSSR count). The van der Waals surface area contributed by atoms with Crippen molar-refractivity contribution in [3.05, 3.63) is 18.3 Å². The number of hydrogen-bond acceptors (Lipinski definition) is 4. The molecule has 2 aromatic heterocycles. The third-order valence-electron chi connectivity index (χ3n) is 4.63. The van der Waals surface area contributed by atoms with Crippen molar-refractivity contribution in [1.29, 1.82) is 0 Å². The second-order valence-electron chi connectivity index (χ2n) is 5.70. The summed E-state index contributed by atoms with van der Waals surface area (Å²) in [6, 6.07) is 5.09. The van der Waals surface area contributed by atoms with E-state index in [-0.39, 0.29) is 0 Å². The highest BCUT2D eigenvalue weighted by molar-refractivity contribution is 5.74. The van der Waals surface area contributed by atoms with E-state index in [1.807, 2.05) is 18.3 Å². The fourth-order valence-corrected chi connectivity index (χ4v) is 3.74. The summed E-state index contributed by atoms with van der Waals surface area (Å²) in [6.45, 7) is 2.46. The molecule has 0 spiro atoms. The third kappa shape index (κ3) is 1.72. The van der Waals surface area contributed by atoms with Crippen molar-refractivity contribution in [2.75, 3.05) is 18.8 Å². The highest BCUT2D eigenvalue weighted by Crippen LogP contribution is 2.35. The fourth-order valence-electron chi connectivity index (χ4n) is 3.74. The van der Waals surface area contributed by atoms with Crippen LogP contribution in [0, 0.1) is 0 Å². The molecule has 2 N–H and O–H groups in total. The van der Waals surface area contributed by atoms with Crippen LogP contribution in [0.25, 0.3) is 11.2 Å². The van der Waals surface area contributed by atoms with Crippen molar-refractivity contribution in [3.63, 3.8) is 0 Å². The summed E-state index contributed by atoms with van der Waals surface area (Å²) in [5.74, 6) is 0.616. The van der Waals surface area contributed by atoms with Gasteiger partial charge in [0.25, 0.3) is 0 Å². The molecule has 0 amide bonds. The molecule has 2 fully saturated rings. The first kappa shape index (κ1) is 11.2. The minimum Gasteiger partial charge on any atom is -0.369 e. The molecule has 2 aliphatic heterocycles. The maximum Gasteiger partial charge on any atom is 0.202 e. The van der Waals surface area contributed by atoms with Crippen LogP contribution in [0.15, 0.2) is 18.3 Å². The van der Waals surface area contributed by atoms with E-state index in [9.17, 15) is 0 Å². The molecule has 4 heterocycles. The van der Waals surface area contributed by atoms with E-state index in [2.05, 4.69) is 19.4 Å². The summed E-state index contributed by atoms with van der Waals surface area (Å²) >= 11 is 0. The number of aromatic nitrogens is 3. The van der Waals surface area contributed by atoms with Crippen LogP contribution < -0.4 is 5.73 Å². The van der Waals surface area contributed by atoms with Crippen molar-refractivity contribution < 1.29 is 0 Å². The molecule has 0 saturated carbocycles. The number of piperidine rings is 1. The monoisotopic (exact) mass is 257 g/mol. The molecule has 100 valence electrons. The van der Waals surface area contributed by atoms with E-state index < -0.39 is 0 Å². The average molecular weight is 257 g/mol. The predicted octanol–water partition coefficient (Wildman–Crippen LogP) is 1.81. The smallest absolute Gasteiger partial charge is 0.202 e. The summed E-state index contributed by atoms with van der Waals surface area (Å²) < 4.78 is 2.16. The van der Waals surface area contributed by atoms with Gasteiger partial charge in [-0.1, -0.05) is 0 Å². The van der Waals surface area contributed by atoms with Gasteiger partial charge in [-0.2, -0.15) is 0 Å². The summed E-state index contributed by atoms with van der Waals surface area (Å²) in [6.07, 6.45) is 6.84. The molecule has 5 nitrogen and oxygen atoms in total. The minimum atomic E-state index is 0.458. The van der Waals surface area contributed by atoms with Crippen LogP contribution in [0.3, 0.4) is 0 Å². The van der Waals surface area contributed by atoms with Gasteiger partial charge in [0.1, 0.15) is 5.52 Å². The standard InChI is InChI=1S/C14H19N5/c15-14-17-12-4-1-6-16-13(12)19(14)11-5-8-18-7-2-3-10(18)9-11/h1,4,6,10-11H,2-3,5,7-9H2,(H2,15,17). The molecule has 0 bridgehead atoms. The van der Waals surface area contributed by atoms with Crippen LogP contribution >= 0.6 is 0 Å². The summed E-state index contributed by atoms with van der Waals surface area (Å²) in [4.78, 5) is 11.5. The number of rotatable bonds is 1. The van der Waals surface area contributed by atoms with Gasteiger partial charge < -0.3 is 10.6 Å². The average Bonchev–Trinajstić information content (AvgIpc) is 3.00. The van der Waals surface area contributed by atoms with Crippen LogP contribution in [-0.4, -0.2) is 38.6 Å². The van der Waals surface area contributed by atoms with Crippen molar-refractivity contribution in [2.24, 2.45) is 0 Å². The Morgan fingerprint density at radius 2 is 2.16 bits per heavy atom. The highest BCUT2D eigenvalue weighted by atomic mass is 15.2. The summed E-state index contributed by atoms with van der Waals surface area (Å²) in [5.41, 5.74) is 7.97. The fraction of sp³-hybridized carbons (Fsp3) is 0.571. The van der Waals surface area contributed by atoms with Gasteiger partial charge in [0.2, 0.25) is 5.95 Å². The molecular weight excluding hydrogens is 238 g/mol. The number of hydrogen-bond donors (Lipinski definition) is 1. The first-order valence-electron chi connectivity index (χ1n) is 7.15. The Hall–Kier alpha value is -1.62. The maximum atomic E-state index is 6.12. The molecule has 19 heavy (non-hydrogen) atoms. The van der Waals surface area contributed by atoms with Gasteiger partial charge in [-0.05, 0) is 44.4 Å². The van der Waals surface area contributed by atoms with Crippen LogP contribution in [0.1, 0.15) is 31.7 Å². The van der Waals surface area contributed by atoms with Gasteiger partial charge >= 0.3 is 0 Å². The molecular formula is C14H19N5. The minimum absolute atomic E-state index is 0.458. The van der Waals surface area contributed by atoms with E-state index in [1.54, 1.807) is 0 Å². The Bertz CT molecular complexity index is 605. The largest absolute Gasteiger partial charge is 0.369 e. The number of nitrogens with two attached hydrogens (primary N) is 1. The van der Waals surface area contributed by atoms with E-state index in [1.165, 1.54) is 32.4 Å². The Morgan fingerprint density at radius 1 is 1.21 bits per heavy atom. The van der Waals surface area contributed by atoms with Crippen LogP contribution in [0.4, 0.5) is 5.95 Å². The summed E-state index contributed by atoms with van der Waals surface area (Å²) in [7, 11) is 0. The highest BCUT2D eigenvalue weighted by Gasteiger charge is 2.33. The lowest BCUT2D eigenvalue weighted by Gasteiger charge is -2.35. The quantitative estimate of drug-likeness (QED) is 0.846. The molecule has 0 aromatic carbocycles. The SMILES string of the molecule is Nc1nc2cccnc2n1C1CCN2CCCC2C1. The first-order valence-corrected chi connectivity index (χ1v) is 7.15. The summed E-state index contributed by atoms with van der Waals surface area (Å²) in [5, 5.41) is 0.